The van der Waals surface area contributed by atoms with Gasteiger partial charge in [0.05, 0.1) is 10.9 Å². The number of anilines is 2. The van der Waals surface area contributed by atoms with Crippen molar-refractivity contribution in [3.63, 3.8) is 0 Å². The Bertz CT molecular complexity index is 1110. The molecular weight excluding hydrogens is 320 g/mol. The van der Waals surface area contributed by atoms with Gasteiger partial charge in [0.15, 0.2) is 0 Å². The molecular formula is C18H16N4OS. The van der Waals surface area contributed by atoms with Crippen LogP contribution in [0.1, 0.15) is 18.1 Å². The lowest BCUT2D eigenvalue weighted by Crippen LogP contribution is -2.15. The number of para-hydroxylation sites is 1. The molecule has 0 spiro atoms. The summed E-state index contributed by atoms with van der Waals surface area (Å²) in [5.74, 6) is 0. The fourth-order valence-corrected chi connectivity index (χ4v) is 3.55. The van der Waals surface area contributed by atoms with Crippen molar-refractivity contribution < 1.29 is 0 Å². The fraction of sp³-hybridized carbons (Fsp3) is 0.167. The molecule has 0 aliphatic carbocycles. The van der Waals surface area contributed by atoms with E-state index in [1.165, 1.54) is 21.4 Å². The van der Waals surface area contributed by atoms with Crippen LogP contribution in [-0.2, 0) is 6.42 Å². The predicted molar refractivity (Wildman–Crippen MR) is 98.5 cm³/mol. The van der Waals surface area contributed by atoms with Crippen molar-refractivity contribution in [2.45, 2.75) is 20.3 Å². The van der Waals surface area contributed by atoms with Gasteiger partial charge in [-0.05, 0) is 37.1 Å². The van der Waals surface area contributed by atoms with Gasteiger partial charge < -0.3 is 5.32 Å². The molecule has 0 amide bonds. The van der Waals surface area contributed by atoms with Gasteiger partial charge in [0.25, 0.3) is 5.56 Å². The van der Waals surface area contributed by atoms with Gasteiger partial charge in [-0.3, -0.25) is 4.79 Å². The van der Waals surface area contributed by atoms with Crippen LogP contribution in [0, 0.1) is 6.92 Å². The van der Waals surface area contributed by atoms with Crippen molar-refractivity contribution in [3.05, 3.63) is 63.9 Å². The van der Waals surface area contributed by atoms with E-state index in [0.29, 0.717) is 21.0 Å². The number of rotatable bonds is 3. The van der Waals surface area contributed by atoms with Crippen LogP contribution in [0.3, 0.4) is 0 Å². The third-order valence-corrected chi connectivity index (χ3v) is 4.81. The van der Waals surface area contributed by atoms with Crippen molar-refractivity contribution in [1.29, 1.82) is 0 Å². The van der Waals surface area contributed by atoms with Crippen molar-refractivity contribution in [1.82, 2.24) is 14.6 Å². The first-order valence-corrected chi connectivity index (χ1v) is 8.62. The summed E-state index contributed by atoms with van der Waals surface area (Å²) >= 11 is 1.37. The second-order valence-corrected chi connectivity index (χ2v) is 6.63. The first kappa shape index (κ1) is 14.8. The lowest BCUT2D eigenvalue weighted by Gasteiger charge is -2.06. The number of nitrogens with zero attached hydrogens (tertiary/aromatic N) is 3. The molecule has 0 fully saturated rings. The maximum Gasteiger partial charge on any atom is 0.283 e. The highest BCUT2D eigenvalue weighted by Gasteiger charge is 2.12. The molecule has 2 aromatic carbocycles. The number of fused-ring (bicyclic) bond motifs is 2. The summed E-state index contributed by atoms with van der Waals surface area (Å²) in [5, 5.41) is 8.98. The van der Waals surface area contributed by atoms with Crippen LogP contribution < -0.4 is 10.9 Å². The molecule has 2 heterocycles. The number of hydrogen-bond acceptors (Lipinski definition) is 5. The normalized spacial score (nSPS) is 11.2. The zero-order chi connectivity index (χ0) is 16.7. The summed E-state index contributed by atoms with van der Waals surface area (Å²) in [6, 6.07) is 13.8. The number of aryl methyl sites for hydroxylation is 2. The topological polar surface area (TPSA) is 59.3 Å². The highest BCUT2D eigenvalue weighted by molar-refractivity contribution is 7.20. The molecule has 4 aromatic rings. The molecule has 0 saturated carbocycles. The van der Waals surface area contributed by atoms with E-state index < -0.39 is 0 Å². The average Bonchev–Trinajstić information content (AvgIpc) is 2.99. The number of nitrogens with one attached hydrogen (secondary N) is 1. The Hall–Kier alpha value is -2.73. The predicted octanol–water partition coefficient (Wildman–Crippen LogP) is 3.92. The molecule has 2 aromatic heterocycles. The minimum atomic E-state index is -0.133. The van der Waals surface area contributed by atoms with Gasteiger partial charge in [-0.2, -0.15) is 4.52 Å². The molecule has 0 radical (unpaired) electrons. The Kier molecular flexibility index (Phi) is 3.54. The average molecular weight is 336 g/mol. The van der Waals surface area contributed by atoms with E-state index in [1.54, 1.807) is 0 Å². The van der Waals surface area contributed by atoms with Crippen LogP contribution in [-0.4, -0.2) is 14.6 Å². The zero-order valence-corrected chi connectivity index (χ0v) is 14.2. The molecule has 0 atom stereocenters. The van der Waals surface area contributed by atoms with Gasteiger partial charge in [-0.25, -0.2) is 4.98 Å². The largest absolute Gasteiger partial charge is 0.330 e. The SMILES string of the molecule is CCc1ccccc1Nc1nn2c(=O)c3cc(C)ccc3nc2s1. The maximum absolute atomic E-state index is 12.7. The van der Waals surface area contributed by atoms with Crippen LogP contribution >= 0.6 is 11.3 Å². The highest BCUT2D eigenvalue weighted by atomic mass is 32.1. The Morgan fingerprint density at radius 1 is 1.21 bits per heavy atom. The van der Waals surface area contributed by atoms with E-state index in [9.17, 15) is 4.79 Å². The Morgan fingerprint density at radius 3 is 2.88 bits per heavy atom. The van der Waals surface area contributed by atoms with Gasteiger partial charge in [0, 0.05) is 5.69 Å². The minimum absolute atomic E-state index is 0.133. The molecule has 5 nitrogen and oxygen atoms in total. The molecule has 24 heavy (non-hydrogen) atoms. The number of aromatic nitrogens is 3. The summed E-state index contributed by atoms with van der Waals surface area (Å²) in [6.07, 6.45) is 0.926. The van der Waals surface area contributed by atoms with Crippen LogP contribution in [0.5, 0.6) is 0 Å². The minimum Gasteiger partial charge on any atom is -0.330 e. The summed E-state index contributed by atoms with van der Waals surface area (Å²) in [7, 11) is 0. The molecule has 0 aliphatic rings. The second-order valence-electron chi connectivity index (χ2n) is 5.67. The third kappa shape index (κ3) is 2.45. The molecule has 0 unspecified atom stereocenters. The van der Waals surface area contributed by atoms with Gasteiger partial charge in [-0.1, -0.05) is 48.1 Å². The first-order chi connectivity index (χ1) is 11.7. The van der Waals surface area contributed by atoms with E-state index >= 15 is 0 Å². The molecule has 1 N–H and O–H groups in total. The lowest BCUT2D eigenvalue weighted by molar-refractivity contribution is 0.919. The van der Waals surface area contributed by atoms with Crippen molar-refractivity contribution in [2.75, 3.05) is 5.32 Å². The van der Waals surface area contributed by atoms with E-state index in [0.717, 1.165) is 17.7 Å². The summed E-state index contributed by atoms with van der Waals surface area (Å²) in [5.41, 5.74) is 3.82. The first-order valence-electron chi connectivity index (χ1n) is 7.81. The van der Waals surface area contributed by atoms with Crippen molar-refractivity contribution in [2.24, 2.45) is 0 Å². The van der Waals surface area contributed by atoms with Gasteiger partial charge >= 0.3 is 0 Å². The van der Waals surface area contributed by atoms with Crippen LogP contribution in [0.4, 0.5) is 10.8 Å². The van der Waals surface area contributed by atoms with E-state index in [2.05, 4.69) is 28.4 Å². The molecule has 0 aliphatic heterocycles. The number of benzene rings is 2. The molecule has 0 saturated heterocycles. The quantitative estimate of drug-likeness (QED) is 0.616. The van der Waals surface area contributed by atoms with E-state index in [-0.39, 0.29) is 5.56 Å². The Morgan fingerprint density at radius 2 is 2.04 bits per heavy atom. The molecule has 6 heteroatoms. The van der Waals surface area contributed by atoms with Crippen LogP contribution in [0.15, 0.2) is 47.3 Å². The van der Waals surface area contributed by atoms with Gasteiger partial charge in [0.2, 0.25) is 10.1 Å². The summed E-state index contributed by atoms with van der Waals surface area (Å²) in [6.45, 7) is 4.07. The fourth-order valence-electron chi connectivity index (χ4n) is 2.74. The summed E-state index contributed by atoms with van der Waals surface area (Å²) in [4.78, 5) is 17.8. The Balaban J connectivity index is 1.85. The maximum atomic E-state index is 12.7. The van der Waals surface area contributed by atoms with Crippen LogP contribution in [0.25, 0.3) is 15.9 Å². The molecule has 0 bridgehead atoms. The highest BCUT2D eigenvalue weighted by Crippen LogP contribution is 2.25. The molecule has 4 rings (SSSR count). The second kappa shape index (κ2) is 5.72. The van der Waals surface area contributed by atoms with Crippen molar-refractivity contribution >= 4 is 38.0 Å². The summed E-state index contributed by atoms with van der Waals surface area (Å²) < 4.78 is 1.38. The zero-order valence-electron chi connectivity index (χ0n) is 13.4. The van der Waals surface area contributed by atoms with Crippen molar-refractivity contribution in [3.8, 4) is 0 Å². The smallest absolute Gasteiger partial charge is 0.283 e. The van der Waals surface area contributed by atoms with Gasteiger partial charge in [-0.15, -0.1) is 5.10 Å². The monoisotopic (exact) mass is 336 g/mol. The molecule has 120 valence electrons. The lowest BCUT2D eigenvalue weighted by atomic mass is 10.1. The van der Waals surface area contributed by atoms with E-state index in [4.69, 9.17) is 0 Å². The van der Waals surface area contributed by atoms with E-state index in [1.807, 2.05) is 43.3 Å². The standard InChI is InChI=1S/C18H16N4OS/c1-3-12-6-4-5-7-14(12)19-17-21-22-16(23)13-10-11(2)8-9-15(13)20-18(22)24-17/h4-10H,3H2,1-2H3,(H,19,21). The van der Waals surface area contributed by atoms with Crippen LogP contribution in [0.2, 0.25) is 0 Å². The third-order valence-electron chi connectivity index (χ3n) is 3.99. The van der Waals surface area contributed by atoms with Gasteiger partial charge in [0.1, 0.15) is 0 Å². The number of hydrogen-bond donors (Lipinski definition) is 1. The Labute approximate surface area is 142 Å².